The molecule has 144 valence electrons. The van der Waals surface area contributed by atoms with Gasteiger partial charge in [0, 0.05) is 44.7 Å². The van der Waals surface area contributed by atoms with Crippen LogP contribution in [0.1, 0.15) is 50.2 Å². The van der Waals surface area contributed by atoms with Crippen molar-refractivity contribution in [3.8, 4) is 0 Å². The lowest BCUT2D eigenvalue weighted by Crippen LogP contribution is -2.45. The van der Waals surface area contributed by atoms with Crippen molar-refractivity contribution in [2.24, 2.45) is 5.92 Å². The summed E-state index contributed by atoms with van der Waals surface area (Å²) in [5, 5.41) is 7.54. The summed E-state index contributed by atoms with van der Waals surface area (Å²) >= 11 is 0. The van der Waals surface area contributed by atoms with Crippen molar-refractivity contribution in [3.05, 3.63) is 41.8 Å². The average Bonchev–Trinajstić information content (AvgIpc) is 3.09. The van der Waals surface area contributed by atoms with E-state index in [1.807, 2.05) is 19.2 Å². The van der Waals surface area contributed by atoms with Gasteiger partial charge < -0.3 is 14.6 Å². The number of hydrogen-bond acceptors (Lipinski definition) is 7. The minimum Gasteiger partial charge on any atom is -0.370 e. The maximum absolute atomic E-state index is 5.77. The van der Waals surface area contributed by atoms with E-state index >= 15 is 0 Å². The molecule has 0 bridgehead atoms. The van der Waals surface area contributed by atoms with Gasteiger partial charge in [0.1, 0.15) is 6.10 Å². The number of hydrogen-bond donors (Lipinski definition) is 1. The second-order valence-corrected chi connectivity index (χ2v) is 6.89. The van der Waals surface area contributed by atoms with Gasteiger partial charge in [0.15, 0.2) is 5.82 Å². The van der Waals surface area contributed by atoms with E-state index in [9.17, 15) is 0 Å². The molecule has 2 aromatic heterocycles. The van der Waals surface area contributed by atoms with Gasteiger partial charge in [0.25, 0.3) is 0 Å². The van der Waals surface area contributed by atoms with Crippen LogP contribution < -0.4 is 5.32 Å². The Morgan fingerprint density at radius 2 is 2.23 bits per heavy atom. The molecular weight excluding hydrogens is 354 g/mol. The van der Waals surface area contributed by atoms with E-state index < -0.39 is 0 Å². The third kappa shape index (κ3) is 5.48. The maximum Gasteiger partial charge on any atom is 0.240 e. The number of aromatic nitrogens is 3. The monoisotopic (exact) mass is 381 g/mol. The van der Waals surface area contributed by atoms with Crippen molar-refractivity contribution in [2.45, 2.75) is 39.5 Å². The fourth-order valence-electron chi connectivity index (χ4n) is 2.92. The van der Waals surface area contributed by atoms with Crippen molar-refractivity contribution >= 4 is 12.4 Å². The molecule has 3 heterocycles. The third-order valence-corrected chi connectivity index (χ3v) is 4.29. The molecule has 0 radical (unpaired) electrons. The van der Waals surface area contributed by atoms with Crippen molar-refractivity contribution in [2.75, 3.05) is 26.2 Å². The molecule has 26 heavy (non-hydrogen) atoms. The fourth-order valence-corrected chi connectivity index (χ4v) is 2.92. The minimum absolute atomic E-state index is 0. The maximum atomic E-state index is 5.77. The summed E-state index contributed by atoms with van der Waals surface area (Å²) in [6.45, 7) is 10.3. The molecule has 0 aromatic carbocycles. The lowest BCUT2D eigenvalue weighted by Gasteiger charge is -2.35. The van der Waals surface area contributed by atoms with Crippen LogP contribution in [0, 0.1) is 5.92 Å². The van der Waals surface area contributed by atoms with Gasteiger partial charge in [0.05, 0.1) is 6.54 Å². The molecule has 2 unspecified atom stereocenters. The van der Waals surface area contributed by atoms with E-state index in [4.69, 9.17) is 9.26 Å². The number of nitrogens with one attached hydrogen (secondary N) is 1. The Labute approximate surface area is 160 Å². The quantitative estimate of drug-likeness (QED) is 0.790. The van der Waals surface area contributed by atoms with E-state index in [1.165, 1.54) is 5.56 Å². The van der Waals surface area contributed by atoms with Crippen LogP contribution in [-0.2, 0) is 11.3 Å². The van der Waals surface area contributed by atoms with E-state index in [2.05, 4.69) is 45.3 Å². The summed E-state index contributed by atoms with van der Waals surface area (Å²) in [6, 6.07) is 4.34. The lowest BCUT2D eigenvalue weighted by atomic mass is 10.1. The third-order valence-electron chi connectivity index (χ3n) is 4.29. The molecule has 1 N–H and O–H groups in total. The Hall–Kier alpha value is -1.54. The predicted molar refractivity (Wildman–Crippen MR) is 101 cm³/mol. The summed E-state index contributed by atoms with van der Waals surface area (Å²) in [4.78, 5) is 11.1. The van der Waals surface area contributed by atoms with Crippen LogP contribution in [0.4, 0.5) is 0 Å². The molecule has 2 aromatic rings. The average molecular weight is 382 g/mol. The van der Waals surface area contributed by atoms with E-state index in [1.54, 1.807) is 6.20 Å². The van der Waals surface area contributed by atoms with E-state index in [-0.39, 0.29) is 24.6 Å². The highest BCUT2D eigenvalue weighted by Gasteiger charge is 2.26. The highest BCUT2D eigenvalue weighted by molar-refractivity contribution is 5.85. The zero-order chi connectivity index (χ0) is 17.6. The molecule has 1 fully saturated rings. The summed E-state index contributed by atoms with van der Waals surface area (Å²) in [6.07, 6.45) is 3.57. The van der Waals surface area contributed by atoms with Crippen molar-refractivity contribution in [1.82, 2.24) is 25.3 Å². The van der Waals surface area contributed by atoms with Crippen molar-refractivity contribution < 1.29 is 9.26 Å². The van der Waals surface area contributed by atoms with Gasteiger partial charge in [-0.05, 0) is 24.5 Å². The smallest absolute Gasteiger partial charge is 0.240 e. The second kappa shape index (κ2) is 9.97. The zero-order valence-electron chi connectivity index (χ0n) is 15.6. The number of halogens is 1. The van der Waals surface area contributed by atoms with Gasteiger partial charge in [-0.3, -0.25) is 9.88 Å². The number of rotatable bonds is 7. The lowest BCUT2D eigenvalue weighted by molar-refractivity contribution is 0.0402. The van der Waals surface area contributed by atoms with Crippen molar-refractivity contribution in [1.29, 1.82) is 0 Å². The summed E-state index contributed by atoms with van der Waals surface area (Å²) in [5.74, 6) is 1.73. The molecule has 0 saturated carbocycles. The van der Waals surface area contributed by atoms with Gasteiger partial charge in [0.2, 0.25) is 5.89 Å². The van der Waals surface area contributed by atoms with E-state index in [0.717, 1.165) is 19.6 Å². The van der Waals surface area contributed by atoms with Crippen LogP contribution >= 0.6 is 12.4 Å². The number of nitrogens with zero attached hydrogens (tertiary/aromatic N) is 4. The predicted octanol–water partition coefficient (Wildman–Crippen LogP) is 2.77. The van der Waals surface area contributed by atoms with Gasteiger partial charge in [-0.15, -0.1) is 12.4 Å². The molecule has 3 rings (SSSR count). The summed E-state index contributed by atoms with van der Waals surface area (Å²) in [5.41, 5.74) is 1.20. The van der Waals surface area contributed by atoms with Crippen LogP contribution in [0.2, 0.25) is 0 Å². The molecule has 2 atom stereocenters. The molecule has 8 heteroatoms. The molecule has 0 spiro atoms. The Bertz CT molecular complexity index is 652. The van der Waals surface area contributed by atoms with Gasteiger partial charge >= 0.3 is 0 Å². The molecule has 7 nitrogen and oxygen atoms in total. The normalized spacial score (nSPS) is 19.3. The number of pyridine rings is 1. The summed E-state index contributed by atoms with van der Waals surface area (Å²) < 4.78 is 11.2. The first-order valence-electron chi connectivity index (χ1n) is 8.92. The van der Waals surface area contributed by atoms with Gasteiger partial charge in [-0.2, -0.15) is 4.98 Å². The summed E-state index contributed by atoms with van der Waals surface area (Å²) in [7, 11) is 0. The molecule has 0 aliphatic carbocycles. The Kier molecular flexibility index (Phi) is 7.96. The standard InChI is InChI=1S/C18H27N5O2.ClH/c1-13(2)12-24-14(3)18-21-17(25-22-18)11-23-8-7-20-10-16(23)15-5-4-6-19-9-15;/h4-6,9,13-14,16,20H,7-8,10-12H2,1-3H3;1H. The molecular formula is C18H28ClN5O2. The van der Waals surface area contributed by atoms with Crippen LogP contribution in [0.15, 0.2) is 29.0 Å². The molecule has 0 amide bonds. The highest BCUT2D eigenvalue weighted by Crippen LogP contribution is 2.23. The molecule has 1 aliphatic rings. The number of ether oxygens (including phenoxy) is 1. The minimum atomic E-state index is -0.156. The highest BCUT2D eigenvalue weighted by atomic mass is 35.5. The van der Waals surface area contributed by atoms with Crippen LogP contribution in [0.3, 0.4) is 0 Å². The molecule has 1 aliphatic heterocycles. The van der Waals surface area contributed by atoms with Crippen LogP contribution in [0.5, 0.6) is 0 Å². The Balaban J connectivity index is 0.00000243. The first-order valence-corrected chi connectivity index (χ1v) is 8.92. The van der Waals surface area contributed by atoms with Gasteiger partial charge in [-0.1, -0.05) is 25.1 Å². The Morgan fingerprint density at radius 3 is 2.96 bits per heavy atom. The largest absolute Gasteiger partial charge is 0.370 e. The first kappa shape index (κ1) is 20.8. The number of piperazine rings is 1. The second-order valence-electron chi connectivity index (χ2n) is 6.89. The van der Waals surface area contributed by atoms with E-state index in [0.29, 0.717) is 30.8 Å². The SMILES string of the molecule is CC(C)COC(C)c1noc(CN2CCNCC2c2cccnc2)n1.Cl. The molecule has 1 saturated heterocycles. The zero-order valence-corrected chi connectivity index (χ0v) is 16.4. The van der Waals surface area contributed by atoms with Crippen LogP contribution in [0.25, 0.3) is 0 Å². The topological polar surface area (TPSA) is 76.3 Å². The van der Waals surface area contributed by atoms with Crippen LogP contribution in [-0.4, -0.2) is 46.3 Å². The van der Waals surface area contributed by atoms with Gasteiger partial charge in [-0.25, -0.2) is 0 Å². The fraction of sp³-hybridized carbons (Fsp3) is 0.611. The van der Waals surface area contributed by atoms with Crippen molar-refractivity contribution in [3.63, 3.8) is 0 Å². The Morgan fingerprint density at radius 1 is 1.38 bits per heavy atom. The first-order chi connectivity index (χ1) is 12.1.